The van der Waals surface area contributed by atoms with Gasteiger partial charge in [0.25, 0.3) is 5.91 Å². The van der Waals surface area contributed by atoms with Gasteiger partial charge in [-0.1, -0.05) is 12.7 Å². The number of carbonyl (C=O) groups is 2. The maximum Gasteiger partial charge on any atom is 0.429 e. The van der Waals surface area contributed by atoms with Gasteiger partial charge in [-0.05, 0) is 34.9 Å². The van der Waals surface area contributed by atoms with Crippen LogP contribution in [-0.2, 0) is 4.74 Å². The van der Waals surface area contributed by atoms with Crippen LogP contribution in [0.25, 0.3) is 11.0 Å². The second kappa shape index (κ2) is 5.84. The van der Waals surface area contributed by atoms with Gasteiger partial charge >= 0.3 is 6.09 Å². The molecule has 0 aliphatic carbocycles. The van der Waals surface area contributed by atoms with E-state index < -0.39 is 6.09 Å². The van der Waals surface area contributed by atoms with Crippen LogP contribution in [0.4, 0.5) is 4.79 Å². The van der Waals surface area contributed by atoms with Crippen molar-refractivity contribution in [3.63, 3.8) is 0 Å². The predicted molar refractivity (Wildman–Crippen MR) is 75.7 cm³/mol. The number of hydrazine groups is 1. The van der Waals surface area contributed by atoms with Crippen LogP contribution in [-0.4, -0.2) is 52.0 Å². The van der Waals surface area contributed by atoms with Crippen LogP contribution >= 0.6 is 0 Å². The van der Waals surface area contributed by atoms with Gasteiger partial charge in [0.1, 0.15) is 17.6 Å². The highest BCUT2D eigenvalue weighted by atomic mass is 16.6. The molecule has 0 N–H and O–H groups in total. The lowest BCUT2D eigenvalue weighted by atomic mass is 10.2. The standard InChI is InChI=1S/C14H14N4O4/c1-2-8-21-14(20)18-7-3-6-17(18)13(19)10-4-5-11-12(9-10)16-22-15-11/h2,4-5,9H,1,3,6-8H2. The van der Waals surface area contributed by atoms with Crippen molar-refractivity contribution in [1.29, 1.82) is 0 Å². The van der Waals surface area contributed by atoms with Crippen LogP contribution in [0.15, 0.2) is 35.5 Å². The van der Waals surface area contributed by atoms with E-state index in [0.29, 0.717) is 36.1 Å². The normalized spacial score (nSPS) is 14.4. The Morgan fingerprint density at radius 3 is 2.86 bits per heavy atom. The second-order valence-electron chi connectivity index (χ2n) is 4.74. The van der Waals surface area contributed by atoms with Gasteiger partial charge in [0, 0.05) is 18.7 Å². The molecule has 8 heteroatoms. The van der Waals surface area contributed by atoms with Crippen molar-refractivity contribution >= 4 is 23.0 Å². The van der Waals surface area contributed by atoms with Crippen molar-refractivity contribution in [1.82, 2.24) is 20.3 Å². The van der Waals surface area contributed by atoms with Crippen LogP contribution in [0.3, 0.4) is 0 Å². The molecule has 0 saturated carbocycles. The summed E-state index contributed by atoms with van der Waals surface area (Å²) in [6.45, 7) is 4.49. The van der Waals surface area contributed by atoms with Gasteiger partial charge in [0.2, 0.25) is 0 Å². The molecule has 1 aromatic carbocycles. The Kier molecular flexibility index (Phi) is 3.73. The zero-order valence-corrected chi connectivity index (χ0v) is 11.8. The van der Waals surface area contributed by atoms with E-state index in [0.717, 1.165) is 0 Å². The highest BCUT2D eigenvalue weighted by Crippen LogP contribution is 2.18. The summed E-state index contributed by atoms with van der Waals surface area (Å²) >= 11 is 0. The topological polar surface area (TPSA) is 88.8 Å². The third-order valence-corrected chi connectivity index (χ3v) is 3.30. The second-order valence-corrected chi connectivity index (χ2v) is 4.74. The molecular weight excluding hydrogens is 288 g/mol. The van der Waals surface area contributed by atoms with E-state index in [-0.39, 0.29) is 12.5 Å². The minimum atomic E-state index is -0.560. The van der Waals surface area contributed by atoms with Crippen LogP contribution < -0.4 is 0 Å². The van der Waals surface area contributed by atoms with Crippen molar-refractivity contribution < 1.29 is 19.0 Å². The third kappa shape index (κ3) is 2.50. The van der Waals surface area contributed by atoms with Gasteiger partial charge < -0.3 is 4.74 Å². The van der Waals surface area contributed by atoms with Gasteiger partial charge in [-0.15, -0.1) is 0 Å². The summed E-state index contributed by atoms with van der Waals surface area (Å²) in [4.78, 5) is 24.5. The number of fused-ring (bicyclic) bond motifs is 1. The summed E-state index contributed by atoms with van der Waals surface area (Å²) in [7, 11) is 0. The van der Waals surface area contributed by atoms with Crippen molar-refractivity contribution in [3.8, 4) is 0 Å². The summed E-state index contributed by atoms with van der Waals surface area (Å²) in [6, 6.07) is 4.86. The average molecular weight is 302 g/mol. The van der Waals surface area contributed by atoms with Gasteiger partial charge in [-0.3, -0.25) is 4.79 Å². The van der Waals surface area contributed by atoms with E-state index in [1.807, 2.05) is 0 Å². The summed E-state index contributed by atoms with van der Waals surface area (Å²) in [5.74, 6) is -0.294. The van der Waals surface area contributed by atoms with Crippen molar-refractivity contribution in [2.24, 2.45) is 0 Å². The molecule has 0 radical (unpaired) electrons. The van der Waals surface area contributed by atoms with Gasteiger partial charge in [0.05, 0.1) is 0 Å². The third-order valence-electron chi connectivity index (χ3n) is 3.30. The van der Waals surface area contributed by atoms with Crippen LogP contribution in [0.5, 0.6) is 0 Å². The maximum absolute atomic E-state index is 12.6. The molecule has 0 atom stereocenters. The molecule has 3 rings (SSSR count). The molecule has 114 valence electrons. The number of carbonyl (C=O) groups excluding carboxylic acids is 2. The lowest BCUT2D eigenvalue weighted by molar-refractivity contribution is 0.0161. The molecule has 0 bridgehead atoms. The fraction of sp³-hybridized carbons (Fsp3) is 0.286. The first-order chi connectivity index (χ1) is 10.7. The van der Waals surface area contributed by atoms with E-state index in [1.165, 1.54) is 16.1 Å². The molecule has 2 aromatic rings. The molecule has 22 heavy (non-hydrogen) atoms. The number of aromatic nitrogens is 2. The van der Waals surface area contributed by atoms with E-state index in [1.54, 1.807) is 18.2 Å². The lowest BCUT2D eigenvalue weighted by Gasteiger charge is -2.26. The molecule has 1 saturated heterocycles. The Balaban J connectivity index is 1.80. The van der Waals surface area contributed by atoms with Gasteiger partial charge in [0.15, 0.2) is 0 Å². The average Bonchev–Trinajstić information content (AvgIpc) is 3.19. The summed E-state index contributed by atoms with van der Waals surface area (Å²) in [5.41, 5.74) is 1.47. The van der Waals surface area contributed by atoms with Gasteiger partial charge in [-0.25, -0.2) is 19.4 Å². The van der Waals surface area contributed by atoms with E-state index >= 15 is 0 Å². The van der Waals surface area contributed by atoms with Crippen molar-refractivity contribution in [2.45, 2.75) is 6.42 Å². The summed E-state index contributed by atoms with van der Waals surface area (Å²) < 4.78 is 9.60. The quantitative estimate of drug-likeness (QED) is 0.800. The minimum Gasteiger partial charge on any atom is -0.444 e. The molecule has 1 aliphatic rings. The Bertz CT molecular complexity index is 726. The van der Waals surface area contributed by atoms with Crippen LogP contribution in [0.2, 0.25) is 0 Å². The number of hydrogen-bond donors (Lipinski definition) is 0. The number of rotatable bonds is 3. The Hall–Kier alpha value is -2.90. The largest absolute Gasteiger partial charge is 0.444 e. The monoisotopic (exact) mass is 302 g/mol. The molecule has 0 unspecified atom stereocenters. The lowest BCUT2D eigenvalue weighted by Crippen LogP contribution is -2.45. The number of amides is 2. The van der Waals surface area contributed by atoms with Crippen LogP contribution in [0, 0.1) is 0 Å². The molecule has 0 spiro atoms. The zero-order chi connectivity index (χ0) is 15.5. The molecular formula is C14H14N4O4. The highest BCUT2D eigenvalue weighted by molar-refractivity contribution is 5.97. The highest BCUT2D eigenvalue weighted by Gasteiger charge is 2.32. The summed E-state index contributed by atoms with van der Waals surface area (Å²) in [6.07, 6.45) is 1.61. The molecule has 2 amide bonds. The first-order valence-corrected chi connectivity index (χ1v) is 6.80. The molecule has 8 nitrogen and oxygen atoms in total. The SMILES string of the molecule is C=CCOC(=O)N1CCCN1C(=O)c1ccc2nonc2c1. The first-order valence-electron chi connectivity index (χ1n) is 6.80. The van der Waals surface area contributed by atoms with E-state index in [2.05, 4.69) is 21.5 Å². The van der Waals surface area contributed by atoms with Crippen molar-refractivity contribution in [3.05, 3.63) is 36.4 Å². The zero-order valence-electron chi connectivity index (χ0n) is 11.8. The predicted octanol–water partition coefficient (Wildman–Crippen LogP) is 1.61. The van der Waals surface area contributed by atoms with Crippen LogP contribution in [0.1, 0.15) is 16.8 Å². The number of hydrogen-bond acceptors (Lipinski definition) is 6. The molecule has 1 aliphatic heterocycles. The van der Waals surface area contributed by atoms with E-state index in [4.69, 9.17) is 4.74 Å². The van der Waals surface area contributed by atoms with Gasteiger partial charge in [-0.2, -0.15) is 0 Å². The first kappa shape index (κ1) is 14.1. The van der Waals surface area contributed by atoms with Crippen molar-refractivity contribution in [2.75, 3.05) is 19.7 Å². The number of benzene rings is 1. The Labute approximate surface area is 125 Å². The Morgan fingerprint density at radius 1 is 1.27 bits per heavy atom. The molecule has 1 fully saturated rings. The number of ether oxygens (including phenoxy) is 1. The fourth-order valence-corrected chi connectivity index (χ4v) is 2.28. The smallest absolute Gasteiger partial charge is 0.429 e. The Morgan fingerprint density at radius 2 is 2.05 bits per heavy atom. The molecule has 1 aromatic heterocycles. The maximum atomic E-state index is 12.6. The number of nitrogens with zero attached hydrogens (tertiary/aromatic N) is 4. The van der Waals surface area contributed by atoms with E-state index in [9.17, 15) is 9.59 Å². The molecule has 2 heterocycles. The summed E-state index contributed by atoms with van der Waals surface area (Å²) in [5, 5.41) is 10.1. The fourth-order valence-electron chi connectivity index (χ4n) is 2.28. The minimum absolute atomic E-state index is 0.105.